The second kappa shape index (κ2) is 28.5. The number of nitrogens with zero attached hydrogens (tertiary/aromatic N) is 2. The van der Waals surface area contributed by atoms with Gasteiger partial charge in [-0.25, -0.2) is 0 Å². The maximum Gasteiger partial charge on any atom is 0.275 e. The molecule has 7 heteroatoms. The van der Waals surface area contributed by atoms with Gasteiger partial charge in [0.15, 0.2) is 6.54 Å². The zero-order valence-corrected chi connectivity index (χ0v) is 27.9. The Morgan fingerprint density at radius 3 is 1.45 bits per heavy atom. The first kappa shape index (κ1) is 42.4. The number of ether oxygens (including phenoxy) is 1. The molecule has 0 rings (SSSR count). The predicted octanol–water partition coefficient (Wildman–Crippen LogP) is 0.952. The highest BCUT2D eigenvalue weighted by Crippen LogP contribution is 2.13. The molecule has 0 aliphatic rings. The molecule has 0 saturated heterocycles. The van der Waals surface area contributed by atoms with Gasteiger partial charge in [0, 0.05) is 26.0 Å². The van der Waals surface area contributed by atoms with Crippen molar-refractivity contribution in [2.24, 2.45) is 0 Å². The molecule has 0 aromatic carbocycles. The normalized spacial score (nSPS) is 11.6. The number of halogens is 2. The van der Waals surface area contributed by atoms with Gasteiger partial charge in [-0.2, -0.15) is 0 Å². The molecule has 0 spiro atoms. The average molecular weight is 585 g/mol. The minimum absolute atomic E-state index is 0. The van der Waals surface area contributed by atoms with Gasteiger partial charge < -0.3 is 43.8 Å². The summed E-state index contributed by atoms with van der Waals surface area (Å²) in [5, 5.41) is 3.08. The zero-order valence-electron chi connectivity index (χ0n) is 26.4. The first-order valence-electron chi connectivity index (χ1n) is 15.6. The monoisotopic (exact) mass is 583 g/mol. The van der Waals surface area contributed by atoms with Crippen LogP contribution in [0, 0.1) is 0 Å². The van der Waals surface area contributed by atoms with Crippen LogP contribution < -0.4 is 30.1 Å². The molecule has 0 atom stereocenters. The van der Waals surface area contributed by atoms with E-state index >= 15 is 0 Å². The largest absolute Gasteiger partial charge is 1.00 e. The third-order valence-corrected chi connectivity index (χ3v) is 7.09. The van der Waals surface area contributed by atoms with Crippen molar-refractivity contribution in [1.29, 1.82) is 0 Å². The van der Waals surface area contributed by atoms with Crippen molar-refractivity contribution < 1.29 is 43.3 Å². The van der Waals surface area contributed by atoms with Crippen molar-refractivity contribution in [1.82, 2.24) is 5.32 Å². The van der Waals surface area contributed by atoms with Crippen molar-refractivity contribution in [2.45, 2.75) is 122 Å². The topological polar surface area (TPSA) is 38.3 Å². The molecule has 232 valence electrons. The van der Waals surface area contributed by atoms with Crippen LogP contribution in [0.4, 0.5) is 0 Å². The third kappa shape index (κ3) is 34.0. The van der Waals surface area contributed by atoms with Crippen LogP contribution in [0.3, 0.4) is 0 Å². The molecule has 0 radical (unpaired) electrons. The van der Waals surface area contributed by atoms with Crippen LogP contribution in [0.25, 0.3) is 0 Å². The molecule has 0 saturated carbocycles. The van der Waals surface area contributed by atoms with E-state index < -0.39 is 0 Å². The molecule has 0 aromatic heterocycles. The number of carbonyl (C=O) groups is 1. The van der Waals surface area contributed by atoms with Crippen LogP contribution in [0.15, 0.2) is 0 Å². The van der Waals surface area contributed by atoms with Crippen LogP contribution in [0.2, 0.25) is 0 Å². The molecule has 5 nitrogen and oxygen atoms in total. The molecule has 0 heterocycles. The number of hydrogen-bond donors (Lipinski definition) is 1. The van der Waals surface area contributed by atoms with E-state index in [4.69, 9.17) is 4.74 Å². The van der Waals surface area contributed by atoms with Crippen LogP contribution >= 0.6 is 0 Å². The molecule has 0 aliphatic carbocycles. The molecular weight excluding hydrogens is 517 g/mol. The van der Waals surface area contributed by atoms with E-state index in [0.717, 1.165) is 54.7 Å². The van der Waals surface area contributed by atoms with Crippen molar-refractivity contribution in [3.63, 3.8) is 0 Å². The Bertz CT molecular complexity index is 500. The van der Waals surface area contributed by atoms with E-state index in [-0.39, 0.29) is 30.7 Å². The summed E-state index contributed by atoms with van der Waals surface area (Å²) in [7, 11) is 10.8. The van der Waals surface area contributed by atoms with E-state index in [1.807, 2.05) is 0 Å². The van der Waals surface area contributed by atoms with E-state index in [1.165, 1.54) is 103 Å². The average Bonchev–Trinajstić information content (AvgIpc) is 2.79. The number of amides is 1. The number of hydrogen-bond acceptors (Lipinski definition) is 2. The van der Waals surface area contributed by atoms with E-state index in [0.29, 0.717) is 6.54 Å². The van der Waals surface area contributed by atoms with Gasteiger partial charge in [0.1, 0.15) is 0 Å². The fourth-order valence-corrected chi connectivity index (χ4v) is 4.75. The van der Waals surface area contributed by atoms with Gasteiger partial charge in [-0.15, -0.1) is 0 Å². The number of nitrogens with one attached hydrogen (secondary N) is 1. The Balaban J connectivity index is -0.00000612. The second-order valence-electron chi connectivity index (χ2n) is 12.8. The fraction of sp³-hybridized carbons (Fsp3) is 0.968. The van der Waals surface area contributed by atoms with E-state index in [2.05, 4.69) is 47.5 Å². The number of likely N-dealkylation sites (N-methyl/N-ethyl adjacent to an activating group) is 1. The maximum atomic E-state index is 12.2. The van der Waals surface area contributed by atoms with Crippen molar-refractivity contribution in [2.75, 3.05) is 74.6 Å². The standard InChI is InChI=1S/C31H66N3O2.2ClH/c1-7-8-9-10-11-12-13-14-15-16-17-18-19-20-21-22-28-36-29-24-27-34(5,6)30-31(35)32-25-23-26-33(2,3)4;;/h7-30H2,1-6H3;2*1H/q+1;;/p-1. The highest BCUT2D eigenvalue weighted by molar-refractivity contribution is 5.76. The van der Waals surface area contributed by atoms with Gasteiger partial charge in [-0.1, -0.05) is 103 Å². The van der Waals surface area contributed by atoms with Crippen molar-refractivity contribution >= 4 is 5.91 Å². The summed E-state index contributed by atoms with van der Waals surface area (Å²) in [6.07, 6.45) is 24.5. The summed E-state index contributed by atoms with van der Waals surface area (Å²) in [6.45, 7) is 7.37. The molecule has 1 N–H and O–H groups in total. The van der Waals surface area contributed by atoms with Crippen LogP contribution in [-0.4, -0.2) is 89.5 Å². The minimum Gasteiger partial charge on any atom is -1.00 e. The first-order valence-corrected chi connectivity index (χ1v) is 15.6. The van der Waals surface area contributed by atoms with Gasteiger partial charge in [-0.3, -0.25) is 4.79 Å². The summed E-state index contributed by atoms with van der Waals surface area (Å²) < 4.78 is 7.52. The molecule has 0 bridgehead atoms. The highest BCUT2D eigenvalue weighted by atomic mass is 35.5. The lowest BCUT2D eigenvalue weighted by atomic mass is 10.0. The number of unbranched alkanes of at least 4 members (excludes halogenated alkanes) is 15. The number of quaternary nitrogens is 2. The quantitative estimate of drug-likeness (QED) is 0.115. The van der Waals surface area contributed by atoms with Crippen molar-refractivity contribution in [3.05, 3.63) is 0 Å². The molecule has 38 heavy (non-hydrogen) atoms. The minimum atomic E-state index is 0. The smallest absolute Gasteiger partial charge is 0.275 e. The second-order valence-corrected chi connectivity index (χ2v) is 12.8. The van der Waals surface area contributed by atoms with Gasteiger partial charge >= 0.3 is 0 Å². The van der Waals surface area contributed by atoms with Crippen LogP contribution in [-0.2, 0) is 9.53 Å². The maximum absolute atomic E-state index is 12.2. The summed E-state index contributed by atoms with van der Waals surface area (Å²) in [5.74, 6) is 0.162. The lowest BCUT2D eigenvalue weighted by Crippen LogP contribution is -3.00. The molecule has 0 aliphatic heterocycles. The lowest BCUT2D eigenvalue weighted by Gasteiger charge is -2.29. The fourth-order valence-electron chi connectivity index (χ4n) is 4.75. The molecule has 0 fully saturated rings. The Morgan fingerprint density at radius 2 is 1.00 bits per heavy atom. The van der Waals surface area contributed by atoms with Gasteiger partial charge in [0.25, 0.3) is 5.91 Å². The summed E-state index contributed by atoms with van der Waals surface area (Å²) in [4.78, 5) is 12.2. The highest BCUT2D eigenvalue weighted by Gasteiger charge is 2.19. The van der Waals surface area contributed by atoms with Gasteiger partial charge in [0.05, 0.1) is 54.9 Å². The first-order chi connectivity index (χ1) is 17.2. The van der Waals surface area contributed by atoms with Gasteiger partial charge in [-0.05, 0) is 6.42 Å². The Labute approximate surface area is 251 Å². The molecule has 0 aromatic rings. The Kier molecular flexibility index (Phi) is 31.8. The Hall–Kier alpha value is -0.0700. The summed E-state index contributed by atoms with van der Waals surface area (Å²) in [6, 6.07) is 0. The van der Waals surface area contributed by atoms with E-state index in [1.54, 1.807) is 0 Å². The molecular formula is C31H67Cl2N3O2. The summed E-state index contributed by atoms with van der Waals surface area (Å²) >= 11 is 0. The molecule has 1 amide bonds. The van der Waals surface area contributed by atoms with E-state index in [9.17, 15) is 4.79 Å². The zero-order chi connectivity index (χ0) is 27.0. The molecule has 0 unspecified atom stereocenters. The number of rotatable bonds is 27. The van der Waals surface area contributed by atoms with Crippen LogP contribution in [0.5, 0.6) is 0 Å². The van der Waals surface area contributed by atoms with Gasteiger partial charge in [0.2, 0.25) is 0 Å². The lowest BCUT2D eigenvalue weighted by molar-refractivity contribution is -0.882. The SMILES string of the molecule is CCCCCCCCCCCCCCCCCCOCCC[N+](C)(C)CC(=O)NCCC[N+](C)(C)C.[Cl-].[Cl-]. The van der Waals surface area contributed by atoms with Crippen molar-refractivity contribution in [3.8, 4) is 0 Å². The third-order valence-electron chi connectivity index (χ3n) is 7.09. The Morgan fingerprint density at radius 1 is 0.579 bits per heavy atom. The summed E-state index contributed by atoms with van der Waals surface area (Å²) in [5.41, 5.74) is 0. The van der Waals surface area contributed by atoms with Crippen LogP contribution in [0.1, 0.15) is 122 Å². The number of carbonyl (C=O) groups excluding carboxylic acids is 1. The predicted molar refractivity (Wildman–Crippen MR) is 157 cm³/mol.